The van der Waals surface area contributed by atoms with E-state index in [4.69, 9.17) is 14.2 Å². The second-order valence-electron chi connectivity index (χ2n) is 7.44. The Bertz CT molecular complexity index is 955. The van der Waals surface area contributed by atoms with E-state index < -0.39 is 23.6 Å². The molecular weight excluding hydrogens is 427 g/mol. The molecule has 1 saturated heterocycles. The van der Waals surface area contributed by atoms with E-state index in [2.05, 4.69) is 5.32 Å². The van der Waals surface area contributed by atoms with Crippen molar-refractivity contribution in [1.29, 1.82) is 0 Å². The van der Waals surface area contributed by atoms with Gasteiger partial charge in [-0.1, -0.05) is 18.2 Å². The van der Waals surface area contributed by atoms with E-state index >= 15 is 0 Å². The highest BCUT2D eigenvalue weighted by atomic mass is 19.4. The van der Waals surface area contributed by atoms with Gasteiger partial charge in [0.1, 0.15) is 0 Å². The lowest BCUT2D eigenvalue weighted by molar-refractivity contribution is -0.168. The molecular formula is C23H24F3NO5. The molecule has 1 amide bonds. The van der Waals surface area contributed by atoms with Crippen molar-refractivity contribution < 1.29 is 37.0 Å². The van der Waals surface area contributed by atoms with Crippen molar-refractivity contribution in [3.63, 3.8) is 0 Å². The Morgan fingerprint density at radius 3 is 2.62 bits per heavy atom. The maximum Gasteiger partial charge on any atom is 0.416 e. The van der Waals surface area contributed by atoms with E-state index in [1.165, 1.54) is 25.3 Å². The highest BCUT2D eigenvalue weighted by molar-refractivity contribution is 5.95. The van der Waals surface area contributed by atoms with E-state index in [1.807, 2.05) is 0 Å². The Morgan fingerprint density at radius 1 is 1.12 bits per heavy atom. The lowest BCUT2D eigenvalue weighted by Gasteiger charge is -2.23. The highest BCUT2D eigenvalue weighted by Crippen LogP contribution is 2.29. The van der Waals surface area contributed by atoms with Crippen LogP contribution in [0.1, 0.15) is 46.3 Å². The van der Waals surface area contributed by atoms with Gasteiger partial charge in [0.15, 0.2) is 6.29 Å². The van der Waals surface area contributed by atoms with Gasteiger partial charge in [-0.05, 0) is 54.7 Å². The van der Waals surface area contributed by atoms with Crippen molar-refractivity contribution in [3.8, 4) is 0 Å². The summed E-state index contributed by atoms with van der Waals surface area (Å²) in [5.74, 6) is -1.11. The van der Waals surface area contributed by atoms with Gasteiger partial charge < -0.3 is 19.5 Å². The van der Waals surface area contributed by atoms with Gasteiger partial charge in [0.05, 0.1) is 31.3 Å². The number of alkyl halides is 3. The third kappa shape index (κ3) is 6.80. The van der Waals surface area contributed by atoms with Gasteiger partial charge in [-0.15, -0.1) is 0 Å². The van der Waals surface area contributed by atoms with Crippen LogP contribution in [0.2, 0.25) is 0 Å². The largest absolute Gasteiger partial charge is 0.465 e. The van der Waals surface area contributed by atoms with Crippen LogP contribution < -0.4 is 5.32 Å². The zero-order valence-corrected chi connectivity index (χ0v) is 17.5. The smallest absolute Gasteiger partial charge is 0.416 e. The third-order valence-electron chi connectivity index (χ3n) is 4.89. The van der Waals surface area contributed by atoms with Crippen LogP contribution in [-0.2, 0) is 38.2 Å². The summed E-state index contributed by atoms with van der Waals surface area (Å²) in [6, 6.07) is 9.26. The van der Waals surface area contributed by atoms with Gasteiger partial charge in [0.2, 0.25) is 5.91 Å². The summed E-state index contributed by atoms with van der Waals surface area (Å²) in [6.07, 6.45) is -2.31. The van der Waals surface area contributed by atoms with E-state index in [0.717, 1.165) is 31.4 Å². The number of anilines is 1. The summed E-state index contributed by atoms with van der Waals surface area (Å²) in [6.45, 7) is 0.787. The van der Waals surface area contributed by atoms with Gasteiger partial charge in [-0.25, -0.2) is 4.79 Å². The zero-order chi connectivity index (χ0) is 23.1. The molecule has 0 bridgehead atoms. The van der Waals surface area contributed by atoms with Crippen molar-refractivity contribution in [2.45, 2.75) is 44.8 Å². The molecule has 0 radical (unpaired) electrons. The number of hydrogen-bond acceptors (Lipinski definition) is 5. The first kappa shape index (κ1) is 23.7. The number of amides is 1. The number of carbonyl (C=O) groups is 2. The number of hydrogen-bond donors (Lipinski definition) is 1. The molecule has 1 aliphatic heterocycles. The number of halogens is 3. The molecule has 2 aromatic carbocycles. The number of rotatable bonds is 7. The number of nitrogens with one attached hydrogen (secondary N) is 1. The summed E-state index contributed by atoms with van der Waals surface area (Å²) in [7, 11) is 1.24. The molecule has 1 atom stereocenters. The minimum atomic E-state index is -4.49. The molecule has 0 aliphatic carbocycles. The first-order valence-electron chi connectivity index (χ1n) is 10.2. The van der Waals surface area contributed by atoms with Crippen LogP contribution in [0.15, 0.2) is 42.5 Å². The summed E-state index contributed by atoms with van der Waals surface area (Å²) >= 11 is 0. The second-order valence-corrected chi connectivity index (χ2v) is 7.44. The average Bonchev–Trinajstić information content (AvgIpc) is 2.77. The average molecular weight is 451 g/mol. The van der Waals surface area contributed by atoms with Crippen LogP contribution in [-0.4, -0.2) is 31.9 Å². The van der Waals surface area contributed by atoms with Crippen LogP contribution in [0.5, 0.6) is 0 Å². The van der Waals surface area contributed by atoms with Gasteiger partial charge in [-0.2, -0.15) is 13.2 Å². The lowest BCUT2D eigenvalue weighted by atomic mass is 10.1. The lowest BCUT2D eigenvalue weighted by Crippen LogP contribution is -2.22. The van der Waals surface area contributed by atoms with Crippen molar-refractivity contribution in [2.75, 3.05) is 19.0 Å². The minimum Gasteiger partial charge on any atom is -0.465 e. The van der Waals surface area contributed by atoms with Crippen LogP contribution in [0.3, 0.4) is 0 Å². The number of methoxy groups -OCH3 is 1. The molecule has 172 valence electrons. The Kier molecular flexibility index (Phi) is 7.87. The molecule has 32 heavy (non-hydrogen) atoms. The Balaban J connectivity index is 1.71. The molecule has 0 spiro atoms. The number of esters is 1. The second kappa shape index (κ2) is 10.6. The zero-order valence-electron chi connectivity index (χ0n) is 17.5. The van der Waals surface area contributed by atoms with E-state index in [-0.39, 0.29) is 30.4 Å². The monoisotopic (exact) mass is 451 g/mol. The fourth-order valence-electron chi connectivity index (χ4n) is 3.36. The Morgan fingerprint density at radius 2 is 1.94 bits per heavy atom. The SMILES string of the molecule is COC(=O)c1cc(COC2CCCCO2)cc(NC(=O)Cc2cccc(C(F)(F)F)c2)c1. The summed E-state index contributed by atoms with van der Waals surface area (Å²) in [5, 5.41) is 2.63. The van der Waals surface area contributed by atoms with Crippen LogP contribution in [0, 0.1) is 0 Å². The van der Waals surface area contributed by atoms with E-state index in [0.29, 0.717) is 17.9 Å². The highest BCUT2D eigenvalue weighted by Gasteiger charge is 2.30. The number of benzene rings is 2. The van der Waals surface area contributed by atoms with Gasteiger partial charge >= 0.3 is 12.1 Å². The molecule has 0 saturated carbocycles. The Hall–Kier alpha value is -2.91. The van der Waals surface area contributed by atoms with Crippen LogP contribution in [0.25, 0.3) is 0 Å². The molecule has 1 N–H and O–H groups in total. The molecule has 6 nitrogen and oxygen atoms in total. The summed E-state index contributed by atoms with van der Waals surface area (Å²) < 4.78 is 54.7. The third-order valence-corrected chi connectivity index (χ3v) is 4.89. The van der Waals surface area contributed by atoms with E-state index in [9.17, 15) is 22.8 Å². The fourth-order valence-corrected chi connectivity index (χ4v) is 3.36. The molecule has 1 unspecified atom stereocenters. The van der Waals surface area contributed by atoms with Crippen molar-refractivity contribution in [2.24, 2.45) is 0 Å². The fraction of sp³-hybridized carbons (Fsp3) is 0.391. The normalized spacial score (nSPS) is 16.4. The maximum atomic E-state index is 12.9. The molecule has 2 aromatic rings. The molecule has 1 heterocycles. The topological polar surface area (TPSA) is 73.9 Å². The van der Waals surface area contributed by atoms with Crippen LogP contribution >= 0.6 is 0 Å². The van der Waals surface area contributed by atoms with E-state index in [1.54, 1.807) is 12.1 Å². The van der Waals surface area contributed by atoms with Crippen LogP contribution in [0.4, 0.5) is 18.9 Å². The Labute approximate surface area is 183 Å². The quantitative estimate of drug-likeness (QED) is 0.617. The predicted octanol–water partition coefficient (Wildman–Crippen LogP) is 4.72. The molecule has 1 aliphatic rings. The number of carbonyl (C=O) groups excluding carboxylic acids is 2. The number of ether oxygens (including phenoxy) is 3. The molecule has 3 rings (SSSR count). The van der Waals surface area contributed by atoms with Crippen molar-refractivity contribution in [3.05, 3.63) is 64.7 Å². The first-order chi connectivity index (χ1) is 15.2. The standard InChI is InChI=1S/C23H24F3NO5/c1-30-22(29)17-9-16(14-32-21-7-2-3-8-31-21)11-19(13-17)27-20(28)12-15-5-4-6-18(10-15)23(24,25)26/h4-6,9-11,13,21H,2-3,7-8,12,14H2,1H3,(H,27,28). The molecule has 0 aromatic heterocycles. The molecule has 9 heteroatoms. The van der Waals surface area contributed by atoms with Gasteiger partial charge in [0.25, 0.3) is 0 Å². The maximum absolute atomic E-state index is 12.9. The van der Waals surface area contributed by atoms with Crippen molar-refractivity contribution >= 4 is 17.6 Å². The van der Waals surface area contributed by atoms with Gasteiger partial charge in [0, 0.05) is 12.3 Å². The first-order valence-corrected chi connectivity index (χ1v) is 10.2. The summed E-state index contributed by atoms with van der Waals surface area (Å²) in [4.78, 5) is 24.5. The van der Waals surface area contributed by atoms with Crippen molar-refractivity contribution in [1.82, 2.24) is 0 Å². The minimum absolute atomic E-state index is 0.159. The van der Waals surface area contributed by atoms with Gasteiger partial charge in [-0.3, -0.25) is 4.79 Å². The predicted molar refractivity (Wildman–Crippen MR) is 110 cm³/mol. The molecule has 1 fully saturated rings. The summed E-state index contributed by atoms with van der Waals surface area (Å²) in [5.41, 5.74) is 0.552.